The monoisotopic (exact) mass is 285 g/mol. The molecule has 4 nitrogen and oxygen atoms in total. The van der Waals surface area contributed by atoms with Crippen LogP contribution in [0.5, 0.6) is 0 Å². The van der Waals surface area contributed by atoms with Gasteiger partial charge in [0.15, 0.2) is 0 Å². The van der Waals surface area contributed by atoms with Crippen molar-refractivity contribution >= 4 is 5.97 Å². The van der Waals surface area contributed by atoms with Gasteiger partial charge in [0.25, 0.3) is 0 Å². The summed E-state index contributed by atoms with van der Waals surface area (Å²) in [6.07, 6.45) is 0.516. The third-order valence-corrected chi connectivity index (χ3v) is 3.08. The van der Waals surface area contributed by atoms with E-state index in [9.17, 15) is 4.79 Å². The Kier molecular flexibility index (Phi) is 5.94. The molecule has 2 rings (SSSR count). The second-order valence-electron chi connectivity index (χ2n) is 4.66. The van der Waals surface area contributed by atoms with Crippen LogP contribution in [-0.2, 0) is 27.4 Å². The number of nitrogens with one attached hydrogen (secondary N) is 1. The van der Waals surface area contributed by atoms with E-state index < -0.39 is 6.04 Å². The van der Waals surface area contributed by atoms with Crippen molar-refractivity contribution in [3.05, 3.63) is 71.8 Å². The highest BCUT2D eigenvalue weighted by Crippen LogP contribution is 2.06. The van der Waals surface area contributed by atoms with Crippen LogP contribution in [0.15, 0.2) is 60.7 Å². The molecule has 0 amide bonds. The minimum atomic E-state index is -0.527. The summed E-state index contributed by atoms with van der Waals surface area (Å²) < 4.78 is 4.81. The van der Waals surface area contributed by atoms with Crippen LogP contribution in [0.2, 0.25) is 0 Å². The Morgan fingerprint density at radius 1 is 1.00 bits per heavy atom. The molecule has 1 atom stereocenters. The second kappa shape index (κ2) is 8.19. The molecule has 4 heteroatoms. The van der Waals surface area contributed by atoms with Crippen molar-refractivity contribution in [3.8, 4) is 0 Å². The first kappa shape index (κ1) is 15.2. The summed E-state index contributed by atoms with van der Waals surface area (Å²) in [5.41, 5.74) is 4.87. The molecule has 0 radical (unpaired) electrons. The van der Waals surface area contributed by atoms with Crippen molar-refractivity contribution in [1.29, 1.82) is 0 Å². The van der Waals surface area contributed by atoms with Gasteiger partial charge in [-0.25, -0.2) is 0 Å². The fourth-order valence-corrected chi connectivity index (χ4v) is 1.96. The number of carbonyl (C=O) groups excluding carboxylic acids is 1. The number of benzene rings is 2. The topological polar surface area (TPSA) is 47.6 Å². The highest BCUT2D eigenvalue weighted by atomic mass is 16.6. The maximum Gasteiger partial charge on any atom is 0.325 e. The molecule has 0 fully saturated rings. The van der Waals surface area contributed by atoms with Gasteiger partial charge < -0.3 is 4.74 Å². The number of methoxy groups -OCH3 is 1. The first-order valence-electron chi connectivity index (χ1n) is 6.82. The number of hydroxylamine groups is 1. The van der Waals surface area contributed by atoms with Gasteiger partial charge in [0, 0.05) is 6.42 Å². The highest BCUT2D eigenvalue weighted by Gasteiger charge is 2.19. The lowest BCUT2D eigenvalue weighted by Crippen LogP contribution is -2.39. The maximum atomic E-state index is 11.8. The molecule has 110 valence electrons. The smallest absolute Gasteiger partial charge is 0.325 e. The summed E-state index contributed by atoms with van der Waals surface area (Å²) in [5, 5.41) is 0. The van der Waals surface area contributed by atoms with Crippen LogP contribution in [0, 0.1) is 0 Å². The van der Waals surface area contributed by atoms with Crippen LogP contribution < -0.4 is 5.48 Å². The fraction of sp³-hybridized carbons (Fsp3) is 0.235. The molecule has 2 aromatic carbocycles. The molecule has 0 aromatic heterocycles. The van der Waals surface area contributed by atoms with Gasteiger partial charge in [0.1, 0.15) is 6.04 Å². The Labute approximate surface area is 124 Å². The number of hydrogen-bond donors (Lipinski definition) is 1. The molecule has 1 N–H and O–H groups in total. The van der Waals surface area contributed by atoms with Crippen molar-refractivity contribution < 1.29 is 14.4 Å². The normalized spacial score (nSPS) is 11.9. The molecule has 0 bridgehead atoms. The zero-order valence-corrected chi connectivity index (χ0v) is 12.0. The SMILES string of the molecule is COC(=O)C(Cc1ccccc1)NOCc1ccccc1. The fourth-order valence-electron chi connectivity index (χ4n) is 1.96. The highest BCUT2D eigenvalue weighted by molar-refractivity contribution is 5.75. The van der Waals surface area contributed by atoms with Crippen LogP contribution in [0.1, 0.15) is 11.1 Å². The minimum absolute atomic E-state index is 0.341. The standard InChI is InChI=1S/C17H19NO3/c1-20-17(19)16(12-14-8-4-2-5-9-14)18-21-13-15-10-6-3-7-11-15/h2-11,16,18H,12-13H2,1H3. The zero-order valence-electron chi connectivity index (χ0n) is 12.0. The van der Waals surface area contributed by atoms with Crippen molar-refractivity contribution in [2.75, 3.05) is 7.11 Å². The first-order chi connectivity index (χ1) is 10.3. The Balaban J connectivity index is 1.89. The van der Waals surface area contributed by atoms with Gasteiger partial charge in [-0.1, -0.05) is 60.7 Å². The Morgan fingerprint density at radius 3 is 2.14 bits per heavy atom. The van der Waals surface area contributed by atoms with Crippen molar-refractivity contribution in [1.82, 2.24) is 5.48 Å². The van der Waals surface area contributed by atoms with Gasteiger partial charge >= 0.3 is 5.97 Å². The number of carbonyl (C=O) groups is 1. The van der Waals surface area contributed by atoms with Gasteiger partial charge in [-0.3, -0.25) is 9.63 Å². The molecule has 0 saturated heterocycles. The molecule has 0 heterocycles. The summed E-state index contributed by atoms with van der Waals surface area (Å²) in [7, 11) is 1.37. The lowest BCUT2D eigenvalue weighted by atomic mass is 10.1. The van der Waals surface area contributed by atoms with Gasteiger partial charge in [0.05, 0.1) is 13.7 Å². The van der Waals surface area contributed by atoms with E-state index in [4.69, 9.17) is 9.57 Å². The van der Waals surface area contributed by atoms with Crippen LogP contribution >= 0.6 is 0 Å². The molecule has 0 spiro atoms. The summed E-state index contributed by atoms with van der Waals surface area (Å²) in [5.74, 6) is -0.341. The molecule has 0 aliphatic heterocycles. The summed E-state index contributed by atoms with van der Waals surface area (Å²) in [4.78, 5) is 17.2. The number of rotatable bonds is 7. The quantitative estimate of drug-likeness (QED) is 0.627. The predicted octanol–water partition coefficient (Wildman–Crippen LogP) is 2.49. The van der Waals surface area contributed by atoms with Crippen molar-refractivity contribution in [2.45, 2.75) is 19.1 Å². The van der Waals surface area contributed by atoms with Crippen LogP contribution in [-0.4, -0.2) is 19.1 Å². The Bertz CT molecular complexity index is 542. The Morgan fingerprint density at radius 2 is 1.57 bits per heavy atom. The number of hydrogen-bond acceptors (Lipinski definition) is 4. The number of ether oxygens (including phenoxy) is 1. The van der Waals surface area contributed by atoms with E-state index >= 15 is 0 Å². The van der Waals surface area contributed by atoms with E-state index in [1.165, 1.54) is 7.11 Å². The van der Waals surface area contributed by atoms with Gasteiger partial charge in [-0.05, 0) is 11.1 Å². The summed E-state index contributed by atoms with van der Waals surface area (Å²) >= 11 is 0. The van der Waals surface area contributed by atoms with E-state index in [2.05, 4.69) is 5.48 Å². The largest absolute Gasteiger partial charge is 0.468 e. The molecule has 1 unspecified atom stereocenters. The van der Waals surface area contributed by atoms with E-state index in [1.54, 1.807) is 0 Å². The van der Waals surface area contributed by atoms with Crippen molar-refractivity contribution in [2.24, 2.45) is 0 Å². The molecule has 0 saturated carbocycles. The molecular formula is C17H19NO3. The first-order valence-corrected chi connectivity index (χ1v) is 6.82. The summed E-state index contributed by atoms with van der Waals surface area (Å²) in [6, 6.07) is 19.0. The lowest BCUT2D eigenvalue weighted by Gasteiger charge is -2.16. The van der Waals surface area contributed by atoms with Gasteiger partial charge in [-0.2, -0.15) is 5.48 Å². The Hall–Kier alpha value is -2.17. The lowest BCUT2D eigenvalue weighted by molar-refractivity contribution is -0.148. The molecule has 0 aliphatic rings. The molecule has 21 heavy (non-hydrogen) atoms. The molecule has 0 aliphatic carbocycles. The third kappa shape index (κ3) is 5.02. The average Bonchev–Trinajstić information content (AvgIpc) is 2.55. The zero-order chi connectivity index (χ0) is 14.9. The van der Waals surface area contributed by atoms with E-state index in [0.29, 0.717) is 13.0 Å². The number of esters is 1. The molecule has 2 aromatic rings. The van der Waals surface area contributed by atoms with Gasteiger partial charge in [-0.15, -0.1) is 0 Å². The second-order valence-corrected chi connectivity index (χ2v) is 4.66. The van der Waals surface area contributed by atoms with E-state index in [-0.39, 0.29) is 5.97 Å². The molecular weight excluding hydrogens is 266 g/mol. The predicted molar refractivity (Wildman–Crippen MR) is 80.3 cm³/mol. The minimum Gasteiger partial charge on any atom is -0.468 e. The third-order valence-electron chi connectivity index (χ3n) is 3.08. The van der Waals surface area contributed by atoms with Crippen LogP contribution in [0.25, 0.3) is 0 Å². The summed E-state index contributed by atoms with van der Waals surface area (Å²) in [6.45, 7) is 0.392. The van der Waals surface area contributed by atoms with Crippen LogP contribution in [0.3, 0.4) is 0 Å². The maximum absolute atomic E-state index is 11.8. The van der Waals surface area contributed by atoms with Gasteiger partial charge in [0.2, 0.25) is 0 Å². The van der Waals surface area contributed by atoms with E-state index in [1.807, 2.05) is 60.7 Å². The van der Waals surface area contributed by atoms with E-state index in [0.717, 1.165) is 11.1 Å². The van der Waals surface area contributed by atoms with Crippen LogP contribution in [0.4, 0.5) is 0 Å². The average molecular weight is 285 g/mol. The van der Waals surface area contributed by atoms with Crippen molar-refractivity contribution in [3.63, 3.8) is 0 Å².